The number of carbonyl (C=O) groups excluding carboxylic acids is 14. The number of guanidine groups is 2. The highest BCUT2D eigenvalue weighted by atomic mass is 32.1. The summed E-state index contributed by atoms with van der Waals surface area (Å²) in [5.41, 5.74) is 45.7. The predicted molar refractivity (Wildman–Crippen MR) is 394 cm³/mol. The third-order valence-electron chi connectivity index (χ3n) is 15.5. The SMILES string of the molecule is C[C@H](NC(=O)[C@H](CO)NC(=O)[C@H](CCCCN)NC(=O)[C@H](CCCN=C(N)N)NC(=O)[C@H](CS)NC(=O)CNC(=O)[C@@H](NC(=O)[C@H](Cc1ccccc1)NC(=O)CNC(=O)CNC(=O)[C@H](Cc1ccccc1)NC(=O)[C@@H](N)CS)[C@@H](C)O)C(=O)N[C@@H](CCCN=C(N)N)C(=O)N[C@@H](CCCCN)C(N)=O. The number of amides is 14. The Morgan fingerprint density at radius 1 is 0.410 bits per heavy atom. The van der Waals surface area contributed by atoms with E-state index in [9.17, 15) is 77.3 Å². The van der Waals surface area contributed by atoms with E-state index in [1.165, 1.54) is 6.92 Å². The Morgan fingerprint density at radius 3 is 1.24 bits per heavy atom. The summed E-state index contributed by atoms with van der Waals surface area (Å²) >= 11 is 8.24. The molecule has 12 atom stereocenters. The summed E-state index contributed by atoms with van der Waals surface area (Å²) < 4.78 is 0. The highest BCUT2D eigenvalue weighted by molar-refractivity contribution is 7.80. The lowest BCUT2D eigenvalue weighted by Gasteiger charge is -2.27. The fourth-order valence-electron chi connectivity index (χ4n) is 9.68. The lowest BCUT2D eigenvalue weighted by atomic mass is 10.0. The highest BCUT2D eigenvalue weighted by Crippen LogP contribution is 2.11. The summed E-state index contributed by atoms with van der Waals surface area (Å²) in [5, 5.41) is 52.7. The van der Waals surface area contributed by atoms with Crippen LogP contribution in [0.25, 0.3) is 0 Å². The maximum atomic E-state index is 14.2. The van der Waals surface area contributed by atoms with E-state index in [1.807, 2.05) is 0 Å². The minimum Gasteiger partial charge on any atom is -0.394 e. The fraction of sp³-hybridized carbons (Fsp3) is 0.562. The Hall–Kier alpha value is -9.94. The van der Waals surface area contributed by atoms with Crippen molar-refractivity contribution in [1.82, 2.24) is 69.1 Å². The van der Waals surface area contributed by atoms with Gasteiger partial charge in [0.1, 0.15) is 60.4 Å². The number of aliphatic hydroxyl groups is 2. The van der Waals surface area contributed by atoms with Gasteiger partial charge in [-0.2, -0.15) is 25.3 Å². The van der Waals surface area contributed by atoms with E-state index in [0.717, 1.165) is 6.92 Å². The molecule has 105 heavy (non-hydrogen) atoms. The predicted octanol–water partition coefficient (Wildman–Crippen LogP) is -9.90. The standard InChI is InChI=1S/C64H105N23O16S2/c1-35(53(94)82-42(21-13-25-73-63(69)70)56(97)81-40(52(68)93)19-9-11-23-65)78-60(101)46(32-88)86-58(99)41(20-10-12-24-66)83-57(98)43(22-14-26-74-64(71)72)84-61(102)47(34-105)80-50(92)31-77-62(103)51(36(2)89)87-59(100)45(28-38-17-7-4-8-18-38)79-49(91)30-75-48(90)29-76-55(96)44(85-54(95)39(67)33-104)27-37-15-5-3-6-16-37/h3-8,15-18,35-36,39-47,51,88-89,104-105H,9-14,19-34,65-67H2,1-2H3,(H2,68,93)(H,75,90)(H,76,96)(H,77,103)(H,78,101)(H,79,91)(H,80,92)(H,81,97)(H,82,94)(H,83,98)(H,84,102)(H,85,95)(H,86,99)(H,87,100)(H4,69,70,73)(H4,71,72,74)/t35-,36+,39-,40-,41-,42-,43-,44-,45-,46-,47-,51-/m0/s1. The van der Waals surface area contributed by atoms with E-state index >= 15 is 0 Å². The molecule has 0 bridgehead atoms. The number of aliphatic hydroxyl groups excluding tert-OH is 2. The smallest absolute Gasteiger partial charge is 0.245 e. The molecule has 2 aromatic rings. The number of benzene rings is 2. The van der Waals surface area contributed by atoms with Crippen LogP contribution < -0.4 is 115 Å². The Kier molecular flexibility index (Phi) is 43.8. The first kappa shape index (κ1) is 91.1. The molecule has 0 aromatic heterocycles. The molecule has 14 amide bonds. The number of thiol groups is 2. The second-order valence-electron chi connectivity index (χ2n) is 24.2. The minimum absolute atomic E-state index is 0.00881. The molecule has 31 N–H and O–H groups in total. The first-order valence-corrected chi connectivity index (χ1v) is 35.1. The first-order chi connectivity index (χ1) is 49.9. The number of hydrogen-bond acceptors (Lipinski definition) is 23. The molecule has 584 valence electrons. The maximum absolute atomic E-state index is 14.2. The van der Waals surface area contributed by atoms with Gasteiger partial charge in [-0.3, -0.25) is 77.1 Å². The summed E-state index contributed by atoms with van der Waals surface area (Å²) in [4.78, 5) is 196. The van der Waals surface area contributed by atoms with Gasteiger partial charge in [-0.15, -0.1) is 0 Å². The number of hydrogen-bond donors (Lipinski definition) is 25. The largest absolute Gasteiger partial charge is 0.394 e. The number of rotatable bonds is 51. The van der Waals surface area contributed by atoms with Crippen LogP contribution in [0.3, 0.4) is 0 Å². The molecule has 0 saturated carbocycles. The summed E-state index contributed by atoms with van der Waals surface area (Å²) in [7, 11) is 0. The lowest BCUT2D eigenvalue weighted by Crippen LogP contribution is -2.60. The van der Waals surface area contributed by atoms with Crippen LogP contribution in [0.1, 0.15) is 89.2 Å². The molecule has 2 aromatic carbocycles. The Morgan fingerprint density at radius 2 is 0.790 bits per heavy atom. The van der Waals surface area contributed by atoms with Crippen LogP contribution >= 0.6 is 25.3 Å². The molecule has 41 heteroatoms. The van der Waals surface area contributed by atoms with Crippen LogP contribution in [0.2, 0.25) is 0 Å². The van der Waals surface area contributed by atoms with Crippen molar-refractivity contribution in [3.63, 3.8) is 0 Å². The third kappa shape index (κ3) is 36.9. The lowest BCUT2D eigenvalue weighted by molar-refractivity contribution is -0.136. The van der Waals surface area contributed by atoms with Gasteiger partial charge in [-0.05, 0) is 102 Å². The fourth-order valence-corrected chi connectivity index (χ4v) is 10.1. The molecule has 0 radical (unpaired) electrons. The Balaban J connectivity index is 2.23. The van der Waals surface area contributed by atoms with Crippen molar-refractivity contribution in [3.8, 4) is 0 Å². The molecule has 0 spiro atoms. The average molecular weight is 1520 g/mol. The normalized spacial score (nSPS) is 14.3. The first-order valence-electron chi connectivity index (χ1n) is 33.9. The van der Waals surface area contributed by atoms with Gasteiger partial charge in [0, 0.05) is 37.4 Å². The zero-order valence-electron chi connectivity index (χ0n) is 58.8. The molecule has 0 unspecified atom stereocenters. The second-order valence-corrected chi connectivity index (χ2v) is 24.9. The third-order valence-corrected chi connectivity index (χ3v) is 16.2. The van der Waals surface area contributed by atoms with Gasteiger partial charge in [0.2, 0.25) is 82.7 Å². The van der Waals surface area contributed by atoms with Crippen molar-refractivity contribution in [2.75, 3.05) is 63.9 Å². The van der Waals surface area contributed by atoms with Gasteiger partial charge in [-0.25, -0.2) is 0 Å². The molecule has 2 rings (SSSR count). The Labute approximate surface area is 618 Å². The number of aliphatic imine (C=N–C) groups is 2. The molecule has 0 saturated heterocycles. The number of primary amides is 1. The molecule has 39 nitrogen and oxygen atoms in total. The van der Waals surface area contributed by atoms with Gasteiger partial charge in [0.15, 0.2) is 11.9 Å². The zero-order valence-corrected chi connectivity index (χ0v) is 60.6. The van der Waals surface area contributed by atoms with E-state index in [2.05, 4.69) is 104 Å². The molecular formula is C64H105N23O16S2. The molecule has 0 heterocycles. The van der Waals surface area contributed by atoms with Crippen molar-refractivity contribution in [3.05, 3.63) is 71.8 Å². The van der Waals surface area contributed by atoms with Gasteiger partial charge >= 0.3 is 0 Å². The van der Waals surface area contributed by atoms with Gasteiger partial charge in [0.25, 0.3) is 0 Å². The number of nitrogens with two attached hydrogens (primary N) is 8. The number of nitrogens with zero attached hydrogens (tertiary/aromatic N) is 2. The van der Waals surface area contributed by atoms with Gasteiger partial charge in [-0.1, -0.05) is 60.7 Å². The topological polar surface area (TPSA) is 669 Å². The van der Waals surface area contributed by atoms with Crippen LogP contribution in [0.15, 0.2) is 70.6 Å². The molecule has 0 aliphatic carbocycles. The summed E-state index contributed by atoms with van der Waals surface area (Å²) in [6.45, 7) is -0.343. The average Bonchev–Trinajstić information content (AvgIpc) is 0.874. The van der Waals surface area contributed by atoms with Crippen LogP contribution in [0.5, 0.6) is 0 Å². The van der Waals surface area contributed by atoms with E-state index in [0.29, 0.717) is 36.9 Å². The van der Waals surface area contributed by atoms with Crippen LogP contribution in [-0.4, -0.2) is 241 Å². The van der Waals surface area contributed by atoms with Crippen LogP contribution in [-0.2, 0) is 80.0 Å². The monoisotopic (exact) mass is 1520 g/mol. The van der Waals surface area contributed by atoms with E-state index in [1.54, 1.807) is 60.7 Å². The summed E-state index contributed by atoms with van der Waals surface area (Å²) in [6, 6.07) is 1.53. The van der Waals surface area contributed by atoms with E-state index < -0.39 is 187 Å². The quantitative estimate of drug-likeness (QED) is 0.0127. The molecular weight excluding hydrogens is 1410 g/mol. The van der Waals surface area contributed by atoms with Crippen molar-refractivity contribution < 1.29 is 77.3 Å². The number of carbonyl (C=O) groups is 14. The van der Waals surface area contributed by atoms with Crippen molar-refractivity contribution in [1.29, 1.82) is 0 Å². The maximum Gasteiger partial charge on any atom is 0.245 e. The zero-order chi connectivity index (χ0) is 78.6. The van der Waals surface area contributed by atoms with Crippen molar-refractivity contribution >= 4 is 120 Å². The Bertz CT molecular complexity index is 3230. The minimum atomic E-state index is -1.77. The summed E-state index contributed by atoms with van der Waals surface area (Å²) in [6.07, 6.45) is -0.156. The second kappa shape index (κ2) is 50.5. The summed E-state index contributed by atoms with van der Waals surface area (Å²) in [5.74, 6) is -13.7. The van der Waals surface area contributed by atoms with Crippen molar-refractivity contribution in [2.24, 2.45) is 55.9 Å². The highest BCUT2D eigenvalue weighted by Gasteiger charge is 2.35. The van der Waals surface area contributed by atoms with Gasteiger partial charge in [0.05, 0.1) is 38.4 Å². The van der Waals surface area contributed by atoms with Gasteiger partial charge < -0.3 is 125 Å². The molecule has 0 aliphatic rings. The molecule has 0 aliphatic heterocycles. The number of unbranched alkanes of at least 4 members (excludes halogenated alkanes) is 2. The van der Waals surface area contributed by atoms with Crippen LogP contribution in [0, 0.1) is 0 Å². The molecule has 0 fully saturated rings. The van der Waals surface area contributed by atoms with E-state index in [-0.39, 0.29) is 95.1 Å². The van der Waals surface area contributed by atoms with E-state index in [4.69, 9.17) is 45.9 Å². The van der Waals surface area contributed by atoms with Crippen LogP contribution in [0.4, 0.5) is 0 Å². The number of nitrogens with one attached hydrogen (secondary N) is 13. The van der Waals surface area contributed by atoms with Crippen molar-refractivity contribution in [2.45, 2.75) is 163 Å².